The molecule has 2 aromatic carbocycles. The molecule has 1 N–H and O–H groups in total. The van der Waals surface area contributed by atoms with Crippen LogP contribution >= 0.6 is 15.9 Å². The van der Waals surface area contributed by atoms with E-state index in [0.717, 1.165) is 38.4 Å². The third-order valence-electron chi connectivity index (χ3n) is 4.53. The molecule has 0 aliphatic carbocycles. The van der Waals surface area contributed by atoms with Gasteiger partial charge in [-0.25, -0.2) is 4.98 Å². The number of nitrogens with one attached hydrogen (secondary N) is 1. The molecule has 0 amide bonds. The maximum Gasteiger partial charge on any atom is 0.161 e. The van der Waals surface area contributed by atoms with E-state index in [1.54, 1.807) is 14.2 Å². The third-order valence-corrected chi connectivity index (χ3v) is 5.06. The number of halogens is 1. The van der Waals surface area contributed by atoms with E-state index >= 15 is 0 Å². The molecule has 6 heteroatoms. The van der Waals surface area contributed by atoms with Gasteiger partial charge in [-0.15, -0.1) is 0 Å². The van der Waals surface area contributed by atoms with Crippen molar-refractivity contribution in [3.63, 3.8) is 0 Å². The van der Waals surface area contributed by atoms with Gasteiger partial charge in [0.05, 0.1) is 14.2 Å². The molecule has 2 aromatic heterocycles. The van der Waals surface area contributed by atoms with Gasteiger partial charge in [-0.3, -0.25) is 4.40 Å². The molecule has 0 radical (unpaired) electrons. The first-order chi connectivity index (χ1) is 13.6. The minimum atomic E-state index is 0.669. The van der Waals surface area contributed by atoms with Gasteiger partial charge in [0.2, 0.25) is 0 Å². The van der Waals surface area contributed by atoms with Gasteiger partial charge >= 0.3 is 0 Å². The highest BCUT2D eigenvalue weighted by molar-refractivity contribution is 9.10. The Morgan fingerprint density at radius 3 is 2.39 bits per heavy atom. The Kier molecular flexibility index (Phi) is 4.96. The number of rotatable bonds is 5. The van der Waals surface area contributed by atoms with Crippen molar-refractivity contribution in [2.24, 2.45) is 0 Å². The molecule has 142 valence electrons. The summed E-state index contributed by atoms with van der Waals surface area (Å²) in [5.74, 6) is 2.25. The summed E-state index contributed by atoms with van der Waals surface area (Å²) in [7, 11) is 3.27. The van der Waals surface area contributed by atoms with Crippen LogP contribution in [0.4, 0.5) is 11.5 Å². The molecule has 5 nitrogen and oxygen atoms in total. The zero-order chi connectivity index (χ0) is 19.7. The predicted octanol–water partition coefficient (Wildman–Crippen LogP) is 5.83. The van der Waals surface area contributed by atoms with Gasteiger partial charge in [-0.2, -0.15) is 0 Å². The van der Waals surface area contributed by atoms with E-state index in [9.17, 15) is 0 Å². The molecule has 0 spiro atoms. The van der Waals surface area contributed by atoms with Gasteiger partial charge in [-0.1, -0.05) is 22.0 Å². The number of nitrogens with zero attached hydrogens (tertiary/aromatic N) is 2. The number of ether oxygens (including phenoxy) is 2. The summed E-state index contributed by atoms with van der Waals surface area (Å²) in [4.78, 5) is 4.86. The lowest BCUT2D eigenvalue weighted by Crippen LogP contribution is -1.98. The van der Waals surface area contributed by atoms with Crippen LogP contribution in [0.15, 0.2) is 65.3 Å². The Balaban J connectivity index is 1.89. The molecule has 0 atom stereocenters. The summed E-state index contributed by atoms with van der Waals surface area (Å²) in [6.45, 7) is 2.07. The van der Waals surface area contributed by atoms with Crippen LogP contribution in [-0.2, 0) is 0 Å². The monoisotopic (exact) mass is 437 g/mol. The highest BCUT2D eigenvalue weighted by Crippen LogP contribution is 2.36. The van der Waals surface area contributed by atoms with Crippen molar-refractivity contribution in [1.29, 1.82) is 0 Å². The second-order valence-corrected chi connectivity index (χ2v) is 7.36. The first-order valence-corrected chi connectivity index (χ1v) is 9.62. The number of pyridine rings is 1. The highest BCUT2D eigenvalue weighted by Gasteiger charge is 2.16. The molecule has 0 saturated carbocycles. The van der Waals surface area contributed by atoms with E-state index in [1.807, 2.05) is 48.5 Å². The SMILES string of the molecule is COc1ccc(-c2nc3ccc(C)cn3c2Nc2ccc(Br)cc2)cc1OC. The molecule has 4 aromatic rings. The molecule has 0 unspecified atom stereocenters. The van der Waals surface area contributed by atoms with Crippen molar-refractivity contribution in [2.45, 2.75) is 6.92 Å². The minimum Gasteiger partial charge on any atom is -0.493 e. The van der Waals surface area contributed by atoms with Crippen LogP contribution in [0, 0.1) is 6.92 Å². The molecule has 0 fully saturated rings. The number of hydrogen-bond donors (Lipinski definition) is 1. The van der Waals surface area contributed by atoms with Gasteiger partial charge in [0.25, 0.3) is 0 Å². The topological polar surface area (TPSA) is 47.8 Å². The van der Waals surface area contributed by atoms with Gasteiger partial charge < -0.3 is 14.8 Å². The average Bonchev–Trinajstić information content (AvgIpc) is 3.06. The summed E-state index contributed by atoms with van der Waals surface area (Å²) in [6.07, 6.45) is 2.08. The standard InChI is InChI=1S/C22H20BrN3O2/c1-14-4-11-20-25-21(15-5-10-18(27-2)19(12-15)28-3)22(26(20)13-14)24-17-8-6-16(23)7-9-17/h4-13,24H,1-3H3. The van der Waals surface area contributed by atoms with E-state index in [-0.39, 0.29) is 0 Å². The van der Waals surface area contributed by atoms with Crippen LogP contribution in [0.25, 0.3) is 16.9 Å². The number of fused-ring (bicyclic) bond motifs is 1. The van der Waals surface area contributed by atoms with E-state index in [0.29, 0.717) is 11.5 Å². The largest absolute Gasteiger partial charge is 0.493 e. The van der Waals surface area contributed by atoms with E-state index in [4.69, 9.17) is 14.5 Å². The normalized spacial score (nSPS) is 10.9. The smallest absolute Gasteiger partial charge is 0.161 e. The fourth-order valence-corrected chi connectivity index (χ4v) is 3.39. The van der Waals surface area contributed by atoms with Crippen LogP contribution in [0.1, 0.15) is 5.56 Å². The maximum absolute atomic E-state index is 5.48. The first kappa shape index (κ1) is 18.4. The van der Waals surface area contributed by atoms with Crippen LogP contribution in [0.3, 0.4) is 0 Å². The molecule has 0 bridgehead atoms. The summed E-state index contributed by atoms with van der Waals surface area (Å²) < 4.78 is 14.0. The number of anilines is 2. The molecule has 4 rings (SSSR count). The number of aryl methyl sites for hydroxylation is 1. The number of aromatic nitrogens is 2. The van der Waals surface area contributed by atoms with E-state index in [1.165, 1.54) is 0 Å². The molecule has 0 saturated heterocycles. The Labute approximate surface area is 172 Å². The Morgan fingerprint density at radius 1 is 0.929 bits per heavy atom. The van der Waals surface area contributed by atoms with Crippen LogP contribution in [-0.4, -0.2) is 23.6 Å². The lowest BCUT2D eigenvalue weighted by molar-refractivity contribution is 0.355. The van der Waals surface area contributed by atoms with Crippen molar-refractivity contribution in [2.75, 3.05) is 19.5 Å². The zero-order valence-corrected chi connectivity index (χ0v) is 17.4. The highest BCUT2D eigenvalue weighted by atomic mass is 79.9. The first-order valence-electron chi connectivity index (χ1n) is 8.83. The van der Waals surface area contributed by atoms with Crippen LogP contribution in [0.2, 0.25) is 0 Å². The molecule has 0 aliphatic rings. The molecule has 28 heavy (non-hydrogen) atoms. The summed E-state index contributed by atoms with van der Waals surface area (Å²) in [5.41, 5.74) is 4.79. The van der Waals surface area contributed by atoms with Gasteiger partial charge in [-0.05, 0) is 61.0 Å². The van der Waals surface area contributed by atoms with E-state index in [2.05, 4.69) is 44.8 Å². The summed E-state index contributed by atoms with van der Waals surface area (Å²) in [5, 5.41) is 3.52. The summed E-state index contributed by atoms with van der Waals surface area (Å²) in [6, 6.07) is 18.0. The minimum absolute atomic E-state index is 0.669. The number of imidazole rings is 1. The predicted molar refractivity (Wildman–Crippen MR) is 116 cm³/mol. The quantitative estimate of drug-likeness (QED) is 0.426. The molecular weight excluding hydrogens is 418 g/mol. The zero-order valence-electron chi connectivity index (χ0n) is 15.9. The Hall–Kier alpha value is -2.99. The second kappa shape index (κ2) is 7.56. The van der Waals surface area contributed by atoms with Crippen molar-refractivity contribution >= 4 is 33.1 Å². The lowest BCUT2D eigenvalue weighted by Gasteiger charge is -2.11. The fraction of sp³-hybridized carbons (Fsp3) is 0.136. The number of methoxy groups -OCH3 is 2. The second-order valence-electron chi connectivity index (χ2n) is 6.45. The Bertz CT molecular complexity index is 1140. The lowest BCUT2D eigenvalue weighted by atomic mass is 10.1. The van der Waals surface area contributed by atoms with Crippen molar-refractivity contribution < 1.29 is 9.47 Å². The van der Waals surface area contributed by atoms with Gasteiger partial charge in [0.1, 0.15) is 17.2 Å². The van der Waals surface area contributed by atoms with Gasteiger partial charge in [0, 0.05) is 21.9 Å². The van der Waals surface area contributed by atoms with Crippen LogP contribution < -0.4 is 14.8 Å². The maximum atomic E-state index is 5.48. The van der Waals surface area contributed by atoms with Crippen molar-refractivity contribution in [1.82, 2.24) is 9.38 Å². The van der Waals surface area contributed by atoms with Crippen LogP contribution in [0.5, 0.6) is 11.5 Å². The average molecular weight is 438 g/mol. The molecular formula is C22H20BrN3O2. The third kappa shape index (κ3) is 3.43. The summed E-state index contributed by atoms with van der Waals surface area (Å²) >= 11 is 3.48. The number of benzene rings is 2. The number of hydrogen-bond acceptors (Lipinski definition) is 4. The van der Waals surface area contributed by atoms with Crippen molar-refractivity contribution in [3.8, 4) is 22.8 Å². The molecule has 2 heterocycles. The molecule has 0 aliphatic heterocycles. The fourth-order valence-electron chi connectivity index (χ4n) is 3.13. The van der Waals surface area contributed by atoms with Crippen molar-refractivity contribution in [3.05, 3.63) is 70.8 Å². The van der Waals surface area contributed by atoms with Gasteiger partial charge in [0.15, 0.2) is 11.5 Å². The van der Waals surface area contributed by atoms with E-state index < -0.39 is 0 Å². The Morgan fingerprint density at radius 2 is 1.68 bits per heavy atom.